The molecule has 0 aliphatic carbocycles. The van der Waals surface area contributed by atoms with Crippen LogP contribution in [0.1, 0.15) is 16.1 Å². The van der Waals surface area contributed by atoms with Crippen molar-refractivity contribution in [2.24, 2.45) is 0 Å². The molecule has 0 fully saturated rings. The lowest BCUT2D eigenvalue weighted by Gasteiger charge is -2.04. The number of benzene rings is 2. The second-order valence-corrected chi connectivity index (χ2v) is 5.35. The van der Waals surface area contributed by atoms with E-state index < -0.39 is 5.97 Å². The van der Waals surface area contributed by atoms with E-state index in [0.29, 0.717) is 23.1 Å². The quantitative estimate of drug-likeness (QED) is 0.742. The van der Waals surface area contributed by atoms with Gasteiger partial charge in [0.25, 0.3) is 0 Å². The maximum Gasteiger partial charge on any atom is 0.335 e. The summed E-state index contributed by atoms with van der Waals surface area (Å²) in [5.41, 5.74) is 2.40. The van der Waals surface area contributed by atoms with Crippen LogP contribution in [0.15, 0.2) is 54.6 Å². The number of H-pyrrole nitrogens is 1. The second-order valence-electron chi connectivity index (χ2n) is 4.91. The number of carboxylic acid groups (broad SMARTS) is 1. The van der Waals surface area contributed by atoms with Crippen LogP contribution < -0.4 is 4.74 Å². The molecular formula is C17H13ClN2O3. The number of aromatic amines is 1. The fraction of sp³-hybridized carbons (Fsp3) is 0.0588. The molecule has 5 nitrogen and oxygen atoms in total. The van der Waals surface area contributed by atoms with Crippen molar-refractivity contribution in [1.82, 2.24) is 10.2 Å². The Morgan fingerprint density at radius 3 is 2.78 bits per heavy atom. The molecule has 2 aromatic carbocycles. The summed E-state index contributed by atoms with van der Waals surface area (Å²) in [5.74, 6) is -0.298. The van der Waals surface area contributed by atoms with E-state index >= 15 is 0 Å². The van der Waals surface area contributed by atoms with Crippen LogP contribution in [0.25, 0.3) is 11.3 Å². The Balaban J connectivity index is 1.73. The van der Waals surface area contributed by atoms with Crippen molar-refractivity contribution in [3.8, 4) is 17.0 Å². The molecule has 0 radical (unpaired) electrons. The topological polar surface area (TPSA) is 75.2 Å². The zero-order valence-corrected chi connectivity index (χ0v) is 12.7. The Hall–Kier alpha value is -2.79. The fourth-order valence-electron chi connectivity index (χ4n) is 2.11. The van der Waals surface area contributed by atoms with Gasteiger partial charge in [0.1, 0.15) is 12.4 Å². The van der Waals surface area contributed by atoms with Crippen LogP contribution in [0, 0.1) is 0 Å². The summed E-state index contributed by atoms with van der Waals surface area (Å²) in [6.45, 7) is 0.311. The summed E-state index contributed by atoms with van der Waals surface area (Å²) in [5, 5.41) is 16.7. The molecule has 0 atom stereocenters. The standard InChI is InChI=1S/C17H13ClN2O3/c18-13-5-2-6-15(8-13)23-10-14-9-16(20-19-14)11-3-1-4-12(7-11)17(21)22/h1-9H,10H2,(H,19,20)(H,21,22). The first-order valence-electron chi connectivity index (χ1n) is 6.88. The van der Waals surface area contributed by atoms with Crippen molar-refractivity contribution in [3.63, 3.8) is 0 Å². The van der Waals surface area contributed by atoms with Gasteiger partial charge in [0.2, 0.25) is 0 Å². The lowest BCUT2D eigenvalue weighted by molar-refractivity contribution is 0.0697. The Morgan fingerprint density at radius 2 is 2.00 bits per heavy atom. The molecule has 0 saturated carbocycles. The molecule has 3 rings (SSSR count). The molecule has 0 aliphatic rings. The van der Waals surface area contributed by atoms with Crippen molar-refractivity contribution < 1.29 is 14.6 Å². The van der Waals surface area contributed by atoms with Crippen LogP contribution in [0.4, 0.5) is 0 Å². The van der Waals surface area contributed by atoms with E-state index in [0.717, 1.165) is 11.3 Å². The van der Waals surface area contributed by atoms with Gasteiger partial charge in [-0.2, -0.15) is 5.10 Å². The average molecular weight is 329 g/mol. The molecule has 0 amide bonds. The predicted molar refractivity (Wildman–Crippen MR) is 86.8 cm³/mol. The second kappa shape index (κ2) is 6.54. The summed E-state index contributed by atoms with van der Waals surface area (Å²) >= 11 is 5.90. The monoisotopic (exact) mass is 328 g/mol. The number of halogens is 1. The van der Waals surface area contributed by atoms with E-state index in [2.05, 4.69) is 10.2 Å². The van der Waals surface area contributed by atoms with Gasteiger partial charge in [0, 0.05) is 10.6 Å². The Kier molecular flexibility index (Phi) is 4.30. The highest BCUT2D eigenvalue weighted by molar-refractivity contribution is 6.30. The zero-order valence-electron chi connectivity index (χ0n) is 12.0. The minimum absolute atomic E-state index is 0.224. The molecule has 0 bridgehead atoms. The number of aromatic carboxylic acids is 1. The lowest BCUT2D eigenvalue weighted by atomic mass is 10.1. The Labute approximate surface area is 137 Å². The summed E-state index contributed by atoms with van der Waals surface area (Å²) in [6.07, 6.45) is 0. The number of rotatable bonds is 5. The van der Waals surface area contributed by atoms with Crippen LogP contribution >= 0.6 is 11.6 Å². The molecule has 1 heterocycles. The summed E-state index contributed by atoms with van der Waals surface area (Å²) in [6, 6.07) is 15.6. The highest BCUT2D eigenvalue weighted by Crippen LogP contribution is 2.21. The number of carbonyl (C=O) groups is 1. The van der Waals surface area contributed by atoms with Gasteiger partial charge < -0.3 is 9.84 Å². The van der Waals surface area contributed by atoms with E-state index in [9.17, 15) is 4.79 Å². The predicted octanol–water partition coefficient (Wildman–Crippen LogP) is 4.01. The highest BCUT2D eigenvalue weighted by Gasteiger charge is 2.08. The van der Waals surface area contributed by atoms with E-state index in [1.54, 1.807) is 30.3 Å². The molecule has 0 saturated heterocycles. The number of carboxylic acids is 1. The molecule has 6 heteroatoms. The third-order valence-electron chi connectivity index (χ3n) is 3.23. The Bertz CT molecular complexity index is 845. The van der Waals surface area contributed by atoms with Gasteiger partial charge in [0.15, 0.2) is 0 Å². The normalized spacial score (nSPS) is 10.5. The van der Waals surface area contributed by atoms with Crippen LogP contribution in [-0.4, -0.2) is 21.3 Å². The largest absolute Gasteiger partial charge is 0.487 e. The van der Waals surface area contributed by atoms with Crippen LogP contribution in [0.2, 0.25) is 5.02 Å². The molecule has 3 aromatic rings. The molecular weight excluding hydrogens is 316 g/mol. The molecule has 23 heavy (non-hydrogen) atoms. The van der Waals surface area contributed by atoms with Gasteiger partial charge in [0.05, 0.1) is 17.0 Å². The van der Waals surface area contributed by atoms with Crippen molar-refractivity contribution >= 4 is 17.6 Å². The van der Waals surface area contributed by atoms with Crippen molar-refractivity contribution in [2.75, 3.05) is 0 Å². The number of hydrogen-bond donors (Lipinski definition) is 2. The smallest absolute Gasteiger partial charge is 0.335 e. The van der Waals surface area contributed by atoms with Crippen LogP contribution in [0.5, 0.6) is 5.75 Å². The molecule has 0 aliphatic heterocycles. The molecule has 1 aromatic heterocycles. The highest BCUT2D eigenvalue weighted by atomic mass is 35.5. The van der Waals surface area contributed by atoms with Crippen molar-refractivity contribution in [3.05, 3.63) is 70.9 Å². The van der Waals surface area contributed by atoms with Gasteiger partial charge in [-0.05, 0) is 36.4 Å². The van der Waals surface area contributed by atoms with Gasteiger partial charge >= 0.3 is 5.97 Å². The number of nitrogens with zero attached hydrogens (tertiary/aromatic N) is 1. The van der Waals surface area contributed by atoms with Gasteiger partial charge in [-0.1, -0.05) is 29.8 Å². The SMILES string of the molecule is O=C(O)c1cccc(-c2cc(COc3cccc(Cl)c3)[nH]n2)c1. The maximum atomic E-state index is 11.0. The minimum Gasteiger partial charge on any atom is -0.487 e. The molecule has 0 spiro atoms. The number of hydrogen-bond acceptors (Lipinski definition) is 3. The summed E-state index contributed by atoms with van der Waals surface area (Å²) in [4.78, 5) is 11.0. The number of nitrogens with one attached hydrogen (secondary N) is 1. The first-order chi connectivity index (χ1) is 11.1. The third-order valence-corrected chi connectivity index (χ3v) is 3.46. The maximum absolute atomic E-state index is 11.0. The van der Waals surface area contributed by atoms with E-state index in [4.69, 9.17) is 21.4 Å². The first kappa shape index (κ1) is 15.1. The molecule has 116 valence electrons. The van der Waals surface area contributed by atoms with Gasteiger partial charge in [-0.15, -0.1) is 0 Å². The minimum atomic E-state index is -0.966. The van der Waals surface area contributed by atoms with Crippen molar-refractivity contribution in [2.45, 2.75) is 6.61 Å². The van der Waals surface area contributed by atoms with Crippen LogP contribution in [0.3, 0.4) is 0 Å². The zero-order chi connectivity index (χ0) is 16.2. The van der Waals surface area contributed by atoms with E-state index in [-0.39, 0.29) is 5.56 Å². The average Bonchev–Trinajstić information content (AvgIpc) is 3.02. The fourth-order valence-corrected chi connectivity index (χ4v) is 2.29. The Morgan fingerprint density at radius 1 is 1.17 bits per heavy atom. The van der Waals surface area contributed by atoms with E-state index in [1.165, 1.54) is 0 Å². The summed E-state index contributed by atoms with van der Waals surface area (Å²) < 4.78 is 5.63. The molecule has 2 N–H and O–H groups in total. The summed E-state index contributed by atoms with van der Waals surface area (Å²) in [7, 11) is 0. The van der Waals surface area contributed by atoms with Crippen LogP contribution in [-0.2, 0) is 6.61 Å². The lowest BCUT2D eigenvalue weighted by Crippen LogP contribution is -1.95. The third kappa shape index (κ3) is 3.70. The first-order valence-corrected chi connectivity index (χ1v) is 7.26. The van der Waals surface area contributed by atoms with Gasteiger partial charge in [-0.25, -0.2) is 4.79 Å². The van der Waals surface area contributed by atoms with Gasteiger partial charge in [-0.3, -0.25) is 5.10 Å². The van der Waals surface area contributed by atoms with E-state index in [1.807, 2.05) is 24.3 Å². The number of ether oxygens (including phenoxy) is 1. The van der Waals surface area contributed by atoms with Crippen molar-refractivity contribution in [1.29, 1.82) is 0 Å². The number of aromatic nitrogens is 2. The molecule has 0 unspecified atom stereocenters.